The number of carboxylic acid groups (broad SMARTS) is 1. The van der Waals surface area contributed by atoms with Crippen molar-refractivity contribution in [3.8, 4) is 0 Å². The largest absolute Gasteiger partial charge is 0.465 e. The van der Waals surface area contributed by atoms with Crippen LogP contribution in [0.15, 0.2) is 12.1 Å². The molecule has 0 radical (unpaired) electrons. The highest BCUT2D eigenvalue weighted by Crippen LogP contribution is 2.20. The normalized spacial score (nSPS) is 10.1. The molecule has 0 aliphatic carbocycles. The molecular weight excluding hydrogens is 221 g/mol. The number of halogens is 2. The van der Waals surface area contributed by atoms with E-state index in [1.165, 1.54) is 12.1 Å². The number of rotatable bonds is 3. The van der Waals surface area contributed by atoms with Gasteiger partial charge in [-0.1, -0.05) is 11.6 Å². The van der Waals surface area contributed by atoms with Crippen LogP contribution in [0.2, 0.25) is 5.02 Å². The highest BCUT2D eigenvalue weighted by molar-refractivity contribution is 6.31. The summed E-state index contributed by atoms with van der Waals surface area (Å²) in [6, 6.07) is 2.87. The molecular formula is C10H11ClFNO2. The van der Waals surface area contributed by atoms with E-state index in [0.29, 0.717) is 22.6 Å². The molecule has 0 unspecified atom stereocenters. The first-order valence-corrected chi connectivity index (χ1v) is 4.80. The van der Waals surface area contributed by atoms with E-state index < -0.39 is 6.09 Å². The Balaban J connectivity index is 2.69. The van der Waals surface area contributed by atoms with E-state index in [1.807, 2.05) is 0 Å². The standard InChI is InChI=1S/C10H11ClFNO2/c1-6-4-8(11)7(5-9(6)12)2-3-13-10(14)15/h4-5,13H,2-3H2,1H3,(H,14,15). The molecule has 0 saturated heterocycles. The number of hydrogen-bond acceptors (Lipinski definition) is 1. The first-order chi connectivity index (χ1) is 7.00. The monoisotopic (exact) mass is 231 g/mol. The molecule has 0 saturated carbocycles. The van der Waals surface area contributed by atoms with Crippen LogP contribution in [0.25, 0.3) is 0 Å². The Bertz CT molecular complexity index is 382. The third-order valence-electron chi connectivity index (χ3n) is 2.00. The lowest BCUT2D eigenvalue weighted by Gasteiger charge is -2.06. The van der Waals surface area contributed by atoms with Gasteiger partial charge in [0.05, 0.1) is 0 Å². The van der Waals surface area contributed by atoms with Crippen LogP contribution >= 0.6 is 11.6 Å². The number of amides is 1. The average molecular weight is 232 g/mol. The second kappa shape index (κ2) is 4.98. The molecule has 0 spiro atoms. The lowest BCUT2D eigenvalue weighted by Crippen LogP contribution is -2.23. The van der Waals surface area contributed by atoms with Gasteiger partial charge in [0.15, 0.2) is 0 Å². The summed E-state index contributed by atoms with van der Waals surface area (Å²) in [5.74, 6) is -0.329. The van der Waals surface area contributed by atoms with E-state index >= 15 is 0 Å². The predicted molar refractivity (Wildman–Crippen MR) is 55.9 cm³/mol. The molecule has 0 aliphatic heterocycles. The highest BCUT2D eigenvalue weighted by Gasteiger charge is 2.06. The van der Waals surface area contributed by atoms with Crippen LogP contribution in [-0.2, 0) is 6.42 Å². The number of hydrogen-bond donors (Lipinski definition) is 2. The van der Waals surface area contributed by atoms with Gasteiger partial charge in [-0.2, -0.15) is 0 Å². The van der Waals surface area contributed by atoms with Gasteiger partial charge in [0.2, 0.25) is 0 Å². The minimum absolute atomic E-state index is 0.220. The zero-order chi connectivity index (χ0) is 11.4. The second-order valence-corrected chi connectivity index (χ2v) is 3.58. The molecule has 0 heterocycles. The molecule has 3 nitrogen and oxygen atoms in total. The van der Waals surface area contributed by atoms with Crippen LogP contribution in [0.1, 0.15) is 11.1 Å². The van der Waals surface area contributed by atoms with Crippen molar-refractivity contribution in [2.24, 2.45) is 0 Å². The fraction of sp³-hybridized carbons (Fsp3) is 0.300. The third kappa shape index (κ3) is 3.40. The number of nitrogens with one attached hydrogen (secondary N) is 1. The molecule has 1 aromatic carbocycles. The van der Waals surface area contributed by atoms with Gasteiger partial charge < -0.3 is 10.4 Å². The van der Waals surface area contributed by atoms with Crippen molar-refractivity contribution in [1.82, 2.24) is 5.32 Å². The van der Waals surface area contributed by atoms with Crippen molar-refractivity contribution >= 4 is 17.7 Å². The lowest BCUT2D eigenvalue weighted by molar-refractivity contribution is 0.194. The van der Waals surface area contributed by atoms with Crippen LogP contribution in [0.3, 0.4) is 0 Å². The van der Waals surface area contributed by atoms with E-state index in [9.17, 15) is 9.18 Å². The van der Waals surface area contributed by atoms with Crippen molar-refractivity contribution in [2.45, 2.75) is 13.3 Å². The van der Waals surface area contributed by atoms with Crippen LogP contribution in [0.4, 0.5) is 9.18 Å². The van der Waals surface area contributed by atoms with Crippen molar-refractivity contribution < 1.29 is 14.3 Å². The van der Waals surface area contributed by atoms with E-state index in [0.717, 1.165) is 0 Å². The topological polar surface area (TPSA) is 49.3 Å². The minimum atomic E-state index is -1.10. The van der Waals surface area contributed by atoms with E-state index in [2.05, 4.69) is 5.32 Å². The predicted octanol–water partition coefficient (Wildman–Crippen LogP) is 2.60. The maximum absolute atomic E-state index is 13.1. The summed E-state index contributed by atoms with van der Waals surface area (Å²) in [7, 11) is 0. The molecule has 0 aromatic heterocycles. The van der Waals surface area contributed by atoms with Gasteiger partial charge >= 0.3 is 6.09 Å². The Labute approximate surface area is 91.9 Å². The van der Waals surface area contributed by atoms with Gasteiger partial charge in [-0.3, -0.25) is 0 Å². The zero-order valence-electron chi connectivity index (χ0n) is 8.18. The van der Waals surface area contributed by atoms with Gasteiger partial charge in [-0.25, -0.2) is 9.18 Å². The summed E-state index contributed by atoms with van der Waals surface area (Å²) in [6.07, 6.45) is -0.721. The summed E-state index contributed by atoms with van der Waals surface area (Å²) in [4.78, 5) is 10.2. The SMILES string of the molecule is Cc1cc(Cl)c(CCNC(=O)O)cc1F. The molecule has 1 aromatic rings. The molecule has 1 rings (SSSR count). The molecule has 1 amide bonds. The second-order valence-electron chi connectivity index (χ2n) is 3.17. The Morgan fingerprint density at radius 2 is 2.27 bits per heavy atom. The number of benzene rings is 1. The van der Waals surface area contributed by atoms with Gasteiger partial charge in [-0.05, 0) is 36.6 Å². The van der Waals surface area contributed by atoms with Crippen molar-refractivity contribution in [2.75, 3.05) is 6.54 Å². The summed E-state index contributed by atoms with van der Waals surface area (Å²) in [6.45, 7) is 1.85. The lowest BCUT2D eigenvalue weighted by atomic mass is 10.1. The van der Waals surface area contributed by atoms with Crippen molar-refractivity contribution in [3.05, 3.63) is 34.1 Å². The Morgan fingerprint density at radius 1 is 1.60 bits per heavy atom. The van der Waals surface area contributed by atoms with Crippen LogP contribution in [-0.4, -0.2) is 17.7 Å². The van der Waals surface area contributed by atoms with Gasteiger partial charge in [0, 0.05) is 11.6 Å². The number of aryl methyl sites for hydroxylation is 1. The molecule has 5 heteroatoms. The first-order valence-electron chi connectivity index (χ1n) is 4.42. The van der Waals surface area contributed by atoms with Crippen LogP contribution in [0, 0.1) is 12.7 Å². The smallest absolute Gasteiger partial charge is 0.404 e. The summed E-state index contributed by atoms with van der Waals surface area (Å²) in [5.41, 5.74) is 1.09. The summed E-state index contributed by atoms with van der Waals surface area (Å²) < 4.78 is 13.1. The minimum Gasteiger partial charge on any atom is -0.465 e. The van der Waals surface area contributed by atoms with E-state index in [-0.39, 0.29) is 12.4 Å². The number of carbonyl (C=O) groups is 1. The van der Waals surface area contributed by atoms with Gasteiger partial charge in [-0.15, -0.1) is 0 Å². The van der Waals surface area contributed by atoms with E-state index in [4.69, 9.17) is 16.7 Å². The molecule has 0 fully saturated rings. The van der Waals surface area contributed by atoms with Crippen LogP contribution < -0.4 is 5.32 Å². The quantitative estimate of drug-likeness (QED) is 0.840. The average Bonchev–Trinajstić information content (AvgIpc) is 2.13. The maximum Gasteiger partial charge on any atom is 0.404 e. The van der Waals surface area contributed by atoms with Crippen molar-refractivity contribution in [1.29, 1.82) is 0 Å². The van der Waals surface area contributed by atoms with Gasteiger partial charge in [0.25, 0.3) is 0 Å². The summed E-state index contributed by atoms with van der Waals surface area (Å²) in [5, 5.41) is 11.0. The highest BCUT2D eigenvalue weighted by atomic mass is 35.5. The molecule has 0 atom stereocenters. The third-order valence-corrected chi connectivity index (χ3v) is 2.35. The van der Waals surface area contributed by atoms with Crippen LogP contribution in [0.5, 0.6) is 0 Å². The van der Waals surface area contributed by atoms with E-state index in [1.54, 1.807) is 6.92 Å². The molecule has 15 heavy (non-hydrogen) atoms. The fourth-order valence-electron chi connectivity index (χ4n) is 1.18. The Hall–Kier alpha value is -1.29. The fourth-order valence-corrected chi connectivity index (χ4v) is 1.50. The zero-order valence-corrected chi connectivity index (χ0v) is 8.94. The summed E-state index contributed by atoms with van der Waals surface area (Å²) >= 11 is 5.87. The maximum atomic E-state index is 13.1. The Kier molecular flexibility index (Phi) is 3.91. The van der Waals surface area contributed by atoms with Crippen molar-refractivity contribution in [3.63, 3.8) is 0 Å². The Morgan fingerprint density at radius 3 is 2.87 bits per heavy atom. The molecule has 82 valence electrons. The molecule has 0 bridgehead atoms. The molecule has 2 N–H and O–H groups in total. The van der Waals surface area contributed by atoms with Gasteiger partial charge in [0.1, 0.15) is 5.82 Å². The molecule has 0 aliphatic rings. The first kappa shape index (κ1) is 11.8.